The van der Waals surface area contributed by atoms with Crippen LogP contribution < -0.4 is 4.74 Å². The van der Waals surface area contributed by atoms with Crippen molar-refractivity contribution in [2.75, 3.05) is 7.11 Å². The molecule has 5 heteroatoms. The maximum Gasteiger partial charge on any atom is 0.121 e. The summed E-state index contributed by atoms with van der Waals surface area (Å²) in [4.78, 5) is 14.3. The van der Waals surface area contributed by atoms with Gasteiger partial charge in [0.05, 0.1) is 41.8 Å². The molecule has 21 heavy (non-hydrogen) atoms. The Balaban J connectivity index is 0.000000126. The molecule has 0 aliphatic heterocycles. The van der Waals surface area contributed by atoms with Crippen LogP contribution in [0.5, 0.6) is 5.75 Å². The number of aromatic amines is 2. The molecular formula is C16H16N4O. The van der Waals surface area contributed by atoms with Crippen LogP contribution in [0.4, 0.5) is 0 Å². The summed E-state index contributed by atoms with van der Waals surface area (Å²) in [6.07, 6.45) is 3.39. The van der Waals surface area contributed by atoms with Crippen molar-refractivity contribution in [1.82, 2.24) is 19.9 Å². The number of benzene rings is 2. The van der Waals surface area contributed by atoms with Crippen molar-refractivity contribution < 1.29 is 4.74 Å². The van der Waals surface area contributed by atoms with Gasteiger partial charge in [0.2, 0.25) is 0 Å². The fourth-order valence-electron chi connectivity index (χ4n) is 2.15. The molecule has 2 N–H and O–H groups in total. The maximum absolute atomic E-state index is 5.04. The molecule has 0 radical (unpaired) electrons. The number of fused-ring (bicyclic) bond motifs is 2. The molecule has 0 aliphatic rings. The second-order valence-corrected chi connectivity index (χ2v) is 4.66. The van der Waals surface area contributed by atoms with E-state index in [0.29, 0.717) is 0 Å². The van der Waals surface area contributed by atoms with Gasteiger partial charge in [0.15, 0.2) is 0 Å². The zero-order valence-corrected chi connectivity index (χ0v) is 11.9. The largest absolute Gasteiger partial charge is 0.497 e. The van der Waals surface area contributed by atoms with Crippen LogP contribution in [0.3, 0.4) is 0 Å². The summed E-state index contributed by atoms with van der Waals surface area (Å²) < 4.78 is 5.04. The number of hydrogen-bond donors (Lipinski definition) is 2. The van der Waals surface area contributed by atoms with Gasteiger partial charge in [-0.2, -0.15) is 0 Å². The summed E-state index contributed by atoms with van der Waals surface area (Å²) in [6.45, 7) is 2.06. The molecule has 0 fully saturated rings. The Morgan fingerprint density at radius 2 is 1.76 bits per heavy atom. The predicted molar refractivity (Wildman–Crippen MR) is 83.5 cm³/mol. The fraction of sp³-hybridized carbons (Fsp3) is 0.125. The van der Waals surface area contributed by atoms with Crippen molar-refractivity contribution in [2.45, 2.75) is 6.92 Å². The van der Waals surface area contributed by atoms with Crippen LogP contribution in [0, 0.1) is 6.92 Å². The summed E-state index contributed by atoms with van der Waals surface area (Å²) in [6, 6.07) is 11.8. The number of H-pyrrole nitrogens is 2. The van der Waals surface area contributed by atoms with Gasteiger partial charge in [-0.25, -0.2) is 9.97 Å². The Labute approximate surface area is 122 Å². The molecule has 2 heterocycles. The van der Waals surface area contributed by atoms with Gasteiger partial charge < -0.3 is 14.7 Å². The summed E-state index contributed by atoms with van der Waals surface area (Å²) in [7, 11) is 1.65. The zero-order chi connectivity index (χ0) is 14.7. The summed E-state index contributed by atoms with van der Waals surface area (Å²) >= 11 is 0. The highest BCUT2D eigenvalue weighted by molar-refractivity contribution is 5.77. The predicted octanol–water partition coefficient (Wildman–Crippen LogP) is 3.44. The van der Waals surface area contributed by atoms with E-state index >= 15 is 0 Å². The first kappa shape index (κ1) is 13.2. The Hall–Kier alpha value is -2.82. The minimum Gasteiger partial charge on any atom is -0.497 e. The molecule has 2 aromatic heterocycles. The number of imidazole rings is 2. The average molecular weight is 280 g/mol. The highest BCUT2D eigenvalue weighted by Crippen LogP contribution is 2.16. The molecule has 0 spiro atoms. The van der Waals surface area contributed by atoms with Gasteiger partial charge in [-0.15, -0.1) is 0 Å². The van der Waals surface area contributed by atoms with Crippen molar-refractivity contribution in [1.29, 1.82) is 0 Å². The second-order valence-electron chi connectivity index (χ2n) is 4.66. The van der Waals surface area contributed by atoms with E-state index in [-0.39, 0.29) is 0 Å². The molecule has 106 valence electrons. The van der Waals surface area contributed by atoms with E-state index in [0.717, 1.165) is 27.8 Å². The van der Waals surface area contributed by atoms with E-state index in [1.54, 1.807) is 19.8 Å². The number of nitrogens with one attached hydrogen (secondary N) is 2. The lowest BCUT2D eigenvalue weighted by atomic mass is 10.2. The monoisotopic (exact) mass is 280 g/mol. The molecule has 0 amide bonds. The first-order valence-electron chi connectivity index (χ1n) is 6.64. The van der Waals surface area contributed by atoms with Crippen LogP contribution in [0.25, 0.3) is 22.1 Å². The van der Waals surface area contributed by atoms with E-state index in [1.807, 2.05) is 30.3 Å². The molecule has 0 saturated carbocycles. The van der Waals surface area contributed by atoms with E-state index in [2.05, 4.69) is 32.9 Å². The SMILES string of the molecule is COc1ccc2nc[nH]c2c1.Cc1cccc2[nH]cnc12. The number of rotatable bonds is 1. The molecule has 5 nitrogen and oxygen atoms in total. The van der Waals surface area contributed by atoms with Crippen LogP contribution in [0.15, 0.2) is 49.1 Å². The quantitative estimate of drug-likeness (QED) is 0.561. The number of nitrogens with zero attached hydrogens (tertiary/aromatic N) is 2. The Morgan fingerprint density at radius 3 is 2.57 bits per heavy atom. The lowest BCUT2D eigenvalue weighted by molar-refractivity contribution is 0.415. The molecule has 0 unspecified atom stereocenters. The van der Waals surface area contributed by atoms with Crippen molar-refractivity contribution >= 4 is 22.1 Å². The Kier molecular flexibility index (Phi) is 3.55. The molecule has 4 rings (SSSR count). The van der Waals surface area contributed by atoms with E-state index in [4.69, 9.17) is 4.74 Å². The van der Waals surface area contributed by atoms with Gasteiger partial charge in [0, 0.05) is 6.07 Å². The molecule has 0 bridgehead atoms. The summed E-state index contributed by atoms with van der Waals surface area (Å²) in [5, 5.41) is 0. The molecule has 2 aromatic carbocycles. The van der Waals surface area contributed by atoms with Crippen LogP contribution in [0.1, 0.15) is 5.56 Å². The Bertz CT molecular complexity index is 863. The topological polar surface area (TPSA) is 66.6 Å². The molecule has 0 aliphatic carbocycles. The Morgan fingerprint density at radius 1 is 0.952 bits per heavy atom. The van der Waals surface area contributed by atoms with Crippen molar-refractivity contribution in [3.05, 3.63) is 54.6 Å². The van der Waals surface area contributed by atoms with Crippen molar-refractivity contribution in [3.63, 3.8) is 0 Å². The standard InChI is InChI=1S/C8H8N2O.C8H8N2/c1-11-6-2-3-7-8(4-6)10-5-9-7;1-6-3-2-4-7-8(6)10-5-9-7/h2-5H,1H3,(H,9,10);2-5H,1H3,(H,9,10). The van der Waals surface area contributed by atoms with Crippen LogP contribution >= 0.6 is 0 Å². The summed E-state index contributed by atoms with van der Waals surface area (Å²) in [5.74, 6) is 0.849. The second kappa shape index (κ2) is 5.66. The normalized spacial score (nSPS) is 10.4. The third-order valence-corrected chi connectivity index (χ3v) is 3.28. The maximum atomic E-state index is 5.04. The number of aromatic nitrogens is 4. The highest BCUT2D eigenvalue weighted by Gasteiger charge is 1.96. The van der Waals surface area contributed by atoms with E-state index < -0.39 is 0 Å². The highest BCUT2D eigenvalue weighted by atomic mass is 16.5. The molecular weight excluding hydrogens is 264 g/mol. The fourth-order valence-corrected chi connectivity index (χ4v) is 2.15. The van der Waals surface area contributed by atoms with Crippen LogP contribution in [-0.2, 0) is 0 Å². The molecule has 4 aromatic rings. The molecule has 0 saturated heterocycles. The van der Waals surface area contributed by atoms with Crippen molar-refractivity contribution in [3.8, 4) is 5.75 Å². The van der Waals surface area contributed by atoms with Gasteiger partial charge in [0.1, 0.15) is 5.75 Å². The summed E-state index contributed by atoms with van der Waals surface area (Å²) in [5.41, 5.74) is 5.37. The number of ether oxygens (including phenoxy) is 1. The minimum atomic E-state index is 0.849. The smallest absolute Gasteiger partial charge is 0.121 e. The minimum absolute atomic E-state index is 0.849. The van der Waals surface area contributed by atoms with Crippen LogP contribution in [0.2, 0.25) is 0 Å². The first-order valence-corrected chi connectivity index (χ1v) is 6.64. The molecule has 0 atom stereocenters. The van der Waals surface area contributed by atoms with Gasteiger partial charge in [-0.3, -0.25) is 0 Å². The lowest BCUT2D eigenvalue weighted by Gasteiger charge is -1.96. The number of hydrogen-bond acceptors (Lipinski definition) is 3. The number of para-hydroxylation sites is 1. The van der Waals surface area contributed by atoms with Crippen molar-refractivity contribution in [2.24, 2.45) is 0 Å². The first-order chi connectivity index (χ1) is 10.3. The van der Waals surface area contributed by atoms with Gasteiger partial charge in [-0.1, -0.05) is 12.1 Å². The van der Waals surface area contributed by atoms with Gasteiger partial charge in [0.25, 0.3) is 0 Å². The van der Waals surface area contributed by atoms with Gasteiger partial charge >= 0.3 is 0 Å². The zero-order valence-electron chi connectivity index (χ0n) is 11.9. The number of methoxy groups -OCH3 is 1. The van der Waals surface area contributed by atoms with Gasteiger partial charge in [-0.05, 0) is 30.7 Å². The third-order valence-electron chi connectivity index (χ3n) is 3.28. The number of aryl methyl sites for hydroxylation is 1. The van der Waals surface area contributed by atoms with Crippen LogP contribution in [-0.4, -0.2) is 27.0 Å². The third kappa shape index (κ3) is 2.72. The average Bonchev–Trinajstić information content (AvgIpc) is 3.16. The van der Waals surface area contributed by atoms with E-state index in [1.165, 1.54) is 5.56 Å². The van der Waals surface area contributed by atoms with E-state index in [9.17, 15) is 0 Å². The lowest BCUT2D eigenvalue weighted by Crippen LogP contribution is -1.80.